The van der Waals surface area contributed by atoms with Gasteiger partial charge in [-0.25, -0.2) is 0 Å². The summed E-state index contributed by atoms with van der Waals surface area (Å²) in [4.78, 5) is 26.9. The zero-order valence-electron chi connectivity index (χ0n) is 18.3. The van der Waals surface area contributed by atoms with E-state index in [2.05, 4.69) is 65.6 Å². The van der Waals surface area contributed by atoms with Gasteiger partial charge in [-0.15, -0.1) is 0 Å². The Morgan fingerprint density at radius 1 is 0.938 bits per heavy atom. The second kappa shape index (κ2) is 9.96. The van der Waals surface area contributed by atoms with Gasteiger partial charge in [-0.2, -0.15) is 0 Å². The molecular weight excluding hydrogens is 400 g/mol. The number of carbonyl (C=O) groups excluding carboxylic acids is 2. The lowest BCUT2D eigenvalue weighted by molar-refractivity contribution is -0.120. The highest BCUT2D eigenvalue weighted by Crippen LogP contribution is 2.41. The van der Waals surface area contributed by atoms with Gasteiger partial charge < -0.3 is 15.1 Å². The number of hydrogen-bond acceptors (Lipinski definition) is 4. The zero-order valence-corrected chi connectivity index (χ0v) is 18.3. The predicted octanol–water partition coefficient (Wildman–Crippen LogP) is 4.43. The SMILES string of the molecule is NC(=O)C(CCCN1CCC(c2ccccc2)(c2ccccc2)CC1)C(=O)c1ccoc1. The number of furan rings is 1. The van der Waals surface area contributed by atoms with Crippen molar-refractivity contribution in [2.45, 2.75) is 31.1 Å². The second-order valence-electron chi connectivity index (χ2n) is 8.63. The monoisotopic (exact) mass is 430 g/mol. The lowest BCUT2D eigenvalue weighted by Crippen LogP contribution is -2.43. The molecule has 0 spiro atoms. The number of primary amides is 1. The van der Waals surface area contributed by atoms with Gasteiger partial charge in [0.1, 0.15) is 12.2 Å². The van der Waals surface area contributed by atoms with Crippen LogP contribution in [0.4, 0.5) is 0 Å². The number of Topliss-reactive ketones (excluding diaryl/α,β-unsaturated/α-hetero) is 1. The number of ketones is 1. The molecule has 5 heteroatoms. The molecule has 1 saturated heterocycles. The Kier molecular flexibility index (Phi) is 6.86. The topological polar surface area (TPSA) is 76.5 Å². The van der Waals surface area contributed by atoms with E-state index >= 15 is 0 Å². The minimum atomic E-state index is -0.801. The third-order valence-corrected chi connectivity index (χ3v) is 6.80. The molecule has 32 heavy (non-hydrogen) atoms. The average molecular weight is 431 g/mol. The number of likely N-dealkylation sites (tertiary alicyclic amines) is 1. The highest BCUT2D eigenvalue weighted by Gasteiger charge is 2.37. The van der Waals surface area contributed by atoms with E-state index in [0.29, 0.717) is 12.0 Å². The van der Waals surface area contributed by atoms with Crippen LogP contribution in [0.15, 0.2) is 83.7 Å². The van der Waals surface area contributed by atoms with Crippen LogP contribution in [0, 0.1) is 5.92 Å². The van der Waals surface area contributed by atoms with Crippen molar-refractivity contribution in [1.82, 2.24) is 4.90 Å². The van der Waals surface area contributed by atoms with Crippen LogP contribution in [0.5, 0.6) is 0 Å². The summed E-state index contributed by atoms with van der Waals surface area (Å²) in [5.41, 5.74) is 8.68. The summed E-state index contributed by atoms with van der Waals surface area (Å²) in [6.45, 7) is 2.80. The van der Waals surface area contributed by atoms with Crippen molar-refractivity contribution < 1.29 is 14.0 Å². The van der Waals surface area contributed by atoms with Crippen molar-refractivity contribution in [1.29, 1.82) is 0 Å². The van der Waals surface area contributed by atoms with Gasteiger partial charge >= 0.3 is 0 Å². The molecule has 0 bridgehead atoms. The molecule has 2 heterocycles. The van der Waals surface area contributed by atoms with E-state index in [9.17, 15) is 9.59 Å². The van der Waals surface area contributed by atoms with Crippen LogP contribution in [-0.4, -0.2) is 36.2 Å². The molecule has 1 amide bonds. The molecule has 166 valence electrons. The number of piperidine rings is 1. The van der Waals surface area contributed by atoms with Crippen molar-refractivity contribution in [3.63, 3.8) is 0 Å². The molecule has 1 aromatic heterocycles. The van der Waals surface area contributed by atoms with Crippen molar-refractivity contribution in [3.05, 3.63) is 95.9 Å². The van der Waals surface area contributed by atoms with Gasteiger partial charge in [-0.3, -0.25) is 9.59 Å². The van der Waals surface area contributed by atoms with Crippen LogP contribution in [-0.2, 0) is 10.2 Å². The maximum Gasteiger partial charge on any atom is 0.228 e. The number of amides is 1. The van der Waals surface area contributed by atoms with E-state index in [-0.39, 0.29) is 11.2 Å². The van der Waals surface area contributed by atoms with Gasteiger partial charge in [0.05, 0.1) is 11.8 Å². The van der Waals surface area contributed by atoms with Gasteiger partial charge in [0.2, 0.25) is 5.91 Å². The summed E-state index contributed by atoms with van der Waals surface area (Å²) in [5, 5.41) is 0. The maximum atomic E-state index is 12.6. The lowest BCUT2D eigenvalue weighted by Gasteiger charge is -2.43. The first kappa shape index (κ1) is 22.0. The van der Waals surface area contributed by atoms with Crippen LogP contribution in [0.3, 0.4) is 0 Å². The van der Waals surface area contributed by atoms with E-state index in [1.165, 1.54) is 23.7 Å². The molecule has 1 atom stereocenters. The number of benzene rings is 2. The molecule has 2 N–H and O–H groups in total. The highest BCUT2D eigenvalue weighted by atomic mass is 16.3. The maximum absolute atomic E-state index is 12.6. The Morgan fingerprint density at radius 3 is 2.03 bits per heavy atom. The Balaban J connectivity index is 1.38. The molecule has 4 rings (SSSR count). The van der Waals surface area contributed by atoms with Crippen LogP contribution in [0.25, 0.3) is 0 Å². The first-order valence-electron chi connectivity index (χ1n) is 11.3. The first-order valence-corrected chi connectivity index (χ1v) is 11.3. The molecule has 0 aliphatic carbocycles. The first-order chi connectivity index (χ1) is 15.6. The van der Waals surface area contributed by atoms with E-state index in [4.69, 9.17) is 10.2 Å². The average Bonchev–Trinajstić information content (AvgIpc) is 3.38. The van der Waals surface area contributed by atoms with Crippen LogP contribution in [0.1, 0.15) is 47.2 Å². The molecular formula is C27H30N2O3. The predicted molar refractivity (Wildman–Crippen MR) is 124 cm³/mol. The summed E-state index contributed by atoms with van der Waals surface area (Å²) >= 11 is 0. The molecule has 1 aliphatic rings. The molecule has 1 unspecified atom stereocenters. The van der Waals surface area contributed by atoms with Crippen molar-refractivity contribution in [2.75, 3.05) is 19.6 Å². The second-order valence-corrected chi connectivity index (χ2v) is 8.63. The third kappa shape index (κ3) is 4.68. The van der Waals surface area contributed by atoms with Crippen LogP contribution >= 0.6 is 0 Å². The van der Waals surface area contributed by atoms with E-state index in [0.717, 1.165) is 38.9 Å². The number of nitrogens with zero attached hydrogens (tertiary/aromatic N) is 1. The van der Waals surface area contributed by atoms with Gasteiger partial charge in [-0.05, 0) is 62.5 Å². The largest absolute Gasteiger partial charge is 0.472 e. The lowest BCUT2D eigenvalue weighted by atomic mass is 9.68. The van der Waals surface area contributed by atoms with Gasteiger partial charge in [0.25, 0.3) is 0 Å². The summed E-state index contributed by atoms with van der Waals surface area (Å²) in [7, 11) is 0. The Hall–Kier alpha value is -3.18. The standard InChI is InChI=1S/C27H30N2O3/c28-26(31)24(25(30)21-13-19-32-20-21)12-7-16-29-17-14-27(15-18-29,22-8-3-1-4-9-22)23-10-5-2-6-11-23/h1-6,8-11,13,19-20,24H,7,12,14-18H2,(H2,28,31). The fraction of sp³-hybridized carbons (Fsp3) is 0.333. The number of rotatable bonds is 9. The molecule has 3 aromatic rings. The normalized spacial score (nSPS) is 17.0. The van der Waals surface area contributed by atoms with Crippen LogP contribution in [0.2, 0.25) is 0 Å². The number of nitrogens with two attached hydrogens (primary N) is 1. The van der Waals surface area contributed by atoms with Crippen molar-refractivity contribution in [3.8, 4) is 0 Å². The molecule has 2 aromatic carbocycles. The summed E-state index contributed by atoms with van der Waals surface area (Å²) in [6, 6.07) is 23.1. The fourth-order valence-electron chi connectivity index (χ4n) is 4.94. The smallest absolute Gasteiger partial charge is 0.228 e. The summed E-state index contributed by atoms with van der Waals surface area (Å²) in [5.74, 6) is -1.62. The molecule has 0 saturated carbocycles. The minimum absolute atomic E-state index is 0.0199. The van der Waals surface area contributed by atoms with Gasteiger partial charge in [-0.1, -0.05) is 60.7 Å². The molecule has 5 nitrogen and oxygen atoms in total. The summed E-state index contributed by atoms with van der Waals surface area (Å²) < 4.78 is 4.98. The molecule has 1 fully saturated rings. The fourth-order valence-corrected chi connectivity index (χ4v) is 4.94. The number of carbonyl (C=O) groups is 2. The third-order valence-electron chi connectivity index (χ3n) is 6.80. The summed E-state index contributed by atoms with van der Waals surface area (Å²) in [6.07, 6.45) is 6.09. The van der Waals surface area contributed by atoms with Crippen LogP contribution < -0.4 is 5.73 Å². The van der Waals surface area contributed by atoms with E-state index in [1.54, 1.807) is 6.07 Å². The Morgan fingerprint density at radius 2 is 1.53 bits per heavy atom. The number of hydrogen-bond donors (Lipinski definition) is 1. The molecule has 0 radical (unpaired) electrons. The Labute approximate surface area is 189 Å². The zero-order chi connectivity index (χ0) is 22.4. The van der Waals surface area contributed by atoms with Gasteiger partial charge in [0.15, 0.2) is 5.78 Å². The minimum Gasteiger partial charge on any atom is -0.472 e. The highest BCUT2D eigenvalue weighted by molar-refractivity contribution is 6.09. The van der Waals surface area contributed by atoms with E-state index in [1.807, 2.05) is 0 Å². The van der Waals surface area contributed by atoms with E-state index < -0.39 is 11.8 Å². The van der Waals surface area contributed by atoms with Crippen molar-refractivity contribution in [2.24, 2.45) is 11.7 Å². The van der Waals surface area contributed by atoms with Crippen molar-refractivity contribution >= 4 is 11.7 Å². The Bertz CT molecular complexity index is 966. The molecule has 1 aliphatic heterocycles. The quantitative estimate of drug-likeness (QED) is 0.403. The van der Waals surface area contributed by atoms with Gasteiger partial charge in [0, 0.05) is 5.41 Å².